The summed E-state index contributed by atoms with van der Waals surface area (Å²) < 4.78 is 32.7. The van der Waals surface area contributed by atoms with Crippen LogP contribution in [0.4, 0.5) is 0 Å². The van der Waals surface area contributed by atoms with Gasteiger partial charge in [-0.25, -0.2) is 13.1 Å². The lowest BCUT2D eigenvalue weighted by Gasteiger charge is -2.16. The van der Waals surface area contributed by atoms with Gasteiger partial charge in [-0.2, -0.15) is 0 Å². The maximum Gasteiger partial charge on any atom is 0.244 e. The monoisotopic (exact) mass is 309 g/mol. The Labute approximate surface area is 124 Å². The van der Waals surface area contributed by atoms with Crippen molar-refractivity contribution >= 4 is 10.0 Å². The third kappa shape index (κ3) is 3.34. The number of hydrogen-bond donors (Lipinski definition) is 2. The quantitative estimate of drug-likeness (QED) is 0.889. The maximum absolute atomic E-state index is 12.4. The standard InChI is InChI=1S/C15H19NO4S/c1-10-6-4-5-7-14(10)11(2)16-21(18,19)15-8-13(9-17)20-12(15)3/h4-8,11,16-17H,9H2,1-3H3. The van der Waals surface area contributed by atoms with Gasteiger partial charge in [-0.05, 0) is 31.9 Å². The third-order valence-corrected chi connectivity index (χ3v) is 5.00. The average molecular weight is 309 g/mol. The van der Waals surface area contributed by atoms with Crippen molar-refractivity contribution in [1.29, 1.82) is 0 Å². The second-order valence-electron chi connectivity index (χ2n) is 4.99. The van der Waals surface area contributed by atoms with Crippen LogP contribution < -0.4 is 4.72 Å². The molecule has 0 aliphatic rings. The molecule has 1 aromatic heterocycles. The fourth-order valence-corrected chi connectivity index (χ4v) is 3.73. The molecule has 2 rings (SSSR count). The minimum atomic E-state index is -3.70. The Morgan fingerprint density at radius 3 is 2.52 bits per heavy atom. The number of aliphatic hydroxyl groups is 1. The maximum atomic E-state index is 12.4. The zero-order valence-electron chi connectivity index (χ0n) is 12.3. The number of furan rings is 1. The smallest absolute Gasteiger partial charge is 0.244 e. The van der Waals surface area contributed by atoms with E-state index in [9.17, 15) is 8.42 Å². The molecule has 0 aliphatic carbocycles. The van der Waals surface area contributed by atoms with Crippen LogP contribution in [-0.2, 0) is 16.6 Å². The van der Waals surface area contributed by atoms with Crippen molar-refractivity contribution in [1.82, 2.24) is 4.72 Å². The van der Waals surface area contributed by atoms with Gasteiger partial charge in [-0.3, -0.25) is 0 Å². The van der Waals surface area contributed by atoms with Crippen molar-refractivity contribution in [3.05, 3.63) is 53.0 Å². The van der Waals surface area contributed by atoms with Gasteiger partial charge in [0.25, 0.3) is 0 Å². The van der Waals surface area contributed by atoms with Gasteiger partial charge >= 0.3 is 0 Å². The lowest BCUT2D eigenvalue weighted by molar-refractivity contribution is 0.244. The van der Waals surface area contributed by atoms with E-state index < -0.39 is 10.0 Å². The summed E-state index contributed by atoms with van der Waals surface area (Å²) in [4.78, 5) is 0.0620. The zero-order valence-corrected chi connectivity index (χ0v) is 13.1. The average Bonchev–Trinajstić information content (AvgIpc) is 2.81. The van der Waals surface area contributed by atoms with E-state index in [1.165, 1.54) is 6.07 Å². The van der Waals surface area contributed by atoms with Gasteiger partial charge in [-0.15, -0.1) is 0 Å². The molecule has 0 fully saturated rings. The molecule has 6 heteroatoms. The first-order valence-corrected chi connectivity index (χ1v) is 8.11. The van der Waals surface area contributed by atoms with Crippen molar-refractivity contribution in [2.24, 2.45) is 0 Å². The summed E-state index contributed by atoms with van der Waals surface area (Å²) >= 11 is 0. The number of nitrogens with one attached hydrogen (secondary N) is 1. The summed E-state index contributed by atoms with van der Waals surface area (Å²) in [6.07, 6.45) is 0. The van der Waals surface area contributed by atoms with E-state index in [1.807, 2.05) is 31.2 Å². The van der Waals surface area contributed by atoms with Crippen molar-refractivity contribution in [3.8, 4) is 0 Å². The number of aryl methyl sites for hydroxylation is 2. The molecule has 2 aromatic rings. The van der Waals surface area contributed by atoms with Gasteiger partial charge in [0.15, 0.2) is 0 Å². The first kappa shape index (κ1) is 15.8. The summed E-state index contributed by atoms with van der Waals surface area (Å²) in [5.74, 6) is 0.500. The van der Waals surface area contributed by atoms with Crippen LogP contribution in [0, 0.1) is 13.8 Å². The molecule has 2 N–H and O–H groups in total. The van der Waals surface area contributed by atoms with Crippen molar-refractivity contribution in [2.75, 3.05) is 0 Å². The van der Waals surface area contributed by atoms with Gasteiger partial charge < -0.3 is 9.52 Å². The predicted octanol–water partition coefficient (Wildman–Crippen LogP) is 2.43. The number of aliphatic hydroxyl groups excluding tert-OH is 1. The lowest BCUT2D eigenvalue weighted by Crippen LogP contribution is -2.27. The number of hydrogen-bond acceptors (Lipinski definition) is 4. The van der Waals surface area contributed by atoms with Crippen LogP contribution in [0.1, 0.15) is 35.6 Å². The molecule has 0 radical (unpaired) electrons. The van der Waals surface area contributed by atoms with Gasteiger partial charge in [0, 0.05) is 12.1 Å². The molecular formula is C15H19NO4S. The van der Waals surface area contributed by atoms with E-state index in [0.29, 0.717) is 0 Å². The molecule has 5 nitrogen and oxygen atoms in total. The molecule has 0 saturated carbocycles. The highest BCUT2D eigenvalue weighted by molar-refractivity contribution is 7.89. The third-order valence-electron chi connectivity index (χ3n) is 3.36. The van der Waals surface area contributed by atoms with Crippen molar-refractivity contribution in [3.63, 3.8) is 0 Å². The Balaban J connectivity index is 2.29. The van der Waals surface area contributed by atoms with Crippen molar-refractivity contribution < 1.29 is 17.9 Å². The minimum absolute atomic E-state index is 0.0620. The molecule has 1 atom stereocenters. The van der Waals surface area contributed by atoms with Crippen LogP contribution in [0.15, 0.2) is 39.6 Å². The van der Waals surface area contributed by atoms with E-state index >= 15 is 0 Å². The highest BCUT2D eigenvalue weighted by Gasteiger charge is 2.24. The van der Waals surface area contributed by atoms with E-state index in [-0.39, 0.29) is 29.1 Å². The lowest BCUT2D eigenvalue weighted by atomic mass is 10.0. The molecular weight excluding hydrogens is 290 g/mol. The largest absolute Gasteiger partial charge is 0.462 e. The fraction of sp³-hybridized carbons (Fsp3) is 0.333. The van der Waals surface area contributed by atoms with E-state index in [0.717, 1.165) is 11.1 Å². The molecule has 0 aliphatic heterocycles. The molecule has 0 bridgehead atoms. The van der Waals surface area contributed by atoms with Gasteiger partial charge in [0.1, 0.15) is 23.0 Å². The normalized spacial score (nSPS) is 13.3. The highest BCUT2D eigenvalue weighted by Crippen LogP contribution is 2.23. The molecule has 0 spiro atoms. The second-order valence-corrected chi connectivity index (χ2v) is 6.67. The number of benzene rings is 1. The molecule has 21 heavy (non-hydrogen) atoms. The molecule has 114 valence electrons. The number of rotatable bonds is 5. The minimum Gasteiger partial charge on any atom is -0.462 e. The summed E-state index contributed by atoms with van der Waals surface area (Å²) in [7, 11) is -3.70. The Kier molecular flexibility index (Phi) is 4.51. The highest BCUT2D eigenvalue weighted by atomic mass is 32.2. The van der Waals surface area contributed by atoms with Gasteiger partial charge in [0.05, 0.1) is 0 Å². The van der Waals surface area contributed by atoms with E-state index in [2.05, 4.69) is 4.72 Å². The van der Waals surface area contributed by atoms with E-state index in [4.69, 9.17) is 9.52 Å². The summed E-state index contributed by atoms with van der Waals surface area (Å²) in [6, 6.07) is 8.61. The number of sulfonamides is 1. The molecule has 1 heterocycles. The Hall–Kier alpha value is -1.63. The summed E-state index contributed by atoms with van der Waals surface area (Å²) in [6.45, 7) is 4.96. The van der Waals surface area contributed by atoms with Crippen LogP contribution in [0.2, 0.25) is 0 Å². The van der Waals surface area contributed by atoms with Crippen LogP contribution in [0.5, 0.6) is 0 Å². The predicted molar refractivity (Wildman–Crippen MR) is 79.3 cm³/mol. The van der Waals surface area contributed by atoms with Gasteiger partial charge in [0.2, 0.25) is 10.0 Å². The van der Waals surface area contributed by atoms with Crippen LogP contribution in [-0.4, -0.2) is 13.5 Å². The molecule has 0 amide bonds. The molecule has 1 aromatic carbocycles. The van der Waals surface area contributed by atoms with E-state index in [1.54, 1.807) is 13.8 Å². The fourth-order valence-electron chi connectivity index (χ4n) is 2.30. The van der Waals surface area contributed by atoms with Crippen LogP contribution in [0.3, 0.4) is 0 Å². The van der Waals surface area contributed by atoms with Crippen LogP contribution in [0.25, 0.3) is 0 Å². The second kappa shape index (κ2) is 6.01. The molecule has 0 saturated heterocycles. The Morgan fingerprint density at radius 1 is 1.29 bits per heavy atom. The van der Waals surface area contributed by atoms with Crippen molar-refractivity contribution in [2.45, 2.75) is 38.3 Å². The Bertz CT molecular complexity index is 734. The topological polar surface area (TPSA) is 79.5 Å². The summed E-state index contributed by atoms with van der Waals surface area (Å²) in [5, 5.41) is 9.03. The summed E-state index contributed by atoms with van der Waals surface area (Å²) in [5.41, 5.74) is 1.94. The zero-order chi connectivity index (χ0) is 15.6. The first-order chi connectivity index (χ1) is 9.85. The van der Waals surface area contributed by atoms with Gasteiger partial charge in [-0.1, -0.05) is 24.3 Å². The SMILES string of the molecule is Cc1ccccc1C(C)NS(=O)(=O)c1cc(CO)oc1C. The van der Waals surface area contributed by atoms with Crippen LogP contribution >= 0.6 is 0 Å². The Morgan fingerprint density at radius 2 is 1.95 bits per heavy atom. The first-order valence-electron chi connectivity index (χ1n) is 6.63. The molecule has 1 unspecified atom stereocenters.